The van der Waals surface area contributed by atoms with Crippen LogP contribution in [-0.4, -0.2) is 22.4 Å². The highest BCUT2D eigenvalue weighted by Gasteiger charge is 2.30. The minimum atomic E-state index is 0.726. The van der Waals surface area contributed by atoms with Crippen molar-refractivity contribution >= 4 is 0 Å². The van der Waals surface area contributed by atoms with Crippen LogP contribution in [0.25, 0.3) is 0 Å². The van der Waals surface area contributed by atoms with Crippen LogP contribution in [0.15, 0.2) is 0 Å². The molecule has 2 rings (SSSR count). The van der Waals surface area contributed by atoms with Crippen LogP contribution in [-0.2, 0) is 13.5 Å². The van der Waals surface area contributed by atoms with Gasteiger partial charge in [0, 0.05) is 18.8 Å². The summed E-state index contributed by atoms with van der Waals surface area (Å²) in [6.45, 7) is 7.72. The zero-order valence-electron chi connectivity index (χ0n) is 12.3. The Balaban J connectivity index is 1.92. The van der Waals surface area contributed by atoms with Gasteiger partial charge in [-0.25, -0.2) is 0 Å². The van der Waals surface area contributed by atoms with Gasteiger partial charge in [-0.2, -0.15) is 5.10 Å². The fourth-order valence-corrected chi connectivity index (χ4v) is 2.81. The van der Waals surface area contributed by atoms with Crippen LogP contribution in [0.3, 0.4) is 0 Å². The predicted octanol–water partition coefficient (Wildman–Crippen LogP) is 2.75. The summed E-state index contributed by atoms with van der Waals surface area (Å²) in [6, 6.07) is 0.726. The van der Waals surface area contributed by atoms with Gasteiger partial charge in [0.25, 0.3) is 0 Å². The molecule has 1 atom stereocenters. The smallest absolute Gasteiger partial charge is 0.0628 e. The van der Waals surface area contributed by atoms with Crippen molar-refractivity contribution in [1.82, 2.24) is 15.1 Å². The van der Waals surface area contributed by atoms with E-state index >= 15 is 0 Å². The average molecular weight is 249 g/mol. The highest BCUT2D eigenvalue weighted by atomic mass is 15.3. The quantitative estimate of drug-likeness (QED) is 0.805. The first-order valence-corrected chi connectivity index (χ1v) is 7.36. The molecular formula is C15H27N3. The van der Waals surface area contributed by atoms with E-state index in [0.717, 1.165) is 18.5 Å². The van der Waals surface area contributed by atoms with E-state index in [1.165, 1.54) is 49.1 Å². The Morgan fingerprint density at radius 1 is 1.39 bits per heavy atom. The topological polar surface area (TPSA) is 29.9 Å². The van der Waals surface area contributed by atoms with Gasteiger partial charge in [-0.15, -0.1) is 0 Å². The zero-order chi connectivity index (χ0) is 13.1. The minimum absolute atomic E-state index is 0.726. The summed E-state index contributed by atoms with van der Waals surface area (Å²) in [5, 5.41) is 8.23. The van der Waals surface area contributed by atoms with Crippen molar-refractivity contribution in [2.75, 3.05) is 6.54 Å². The Morgan fingerprint density at radius 2 is 2.11 bits per heavy atom. The lowest BCUT2D eigenvalue weighted by molar-refractivity contribution is 0.435. The van der Waals surface area contributed by atoms with Gasteiger partial charge in [-0.3, -0.25) is 4.68 Å². The highest BCUT2D eigenvalue weighted by Crippen LogP contribution is 2.34. The van der Waals surface area contributed by atoms with E-state index in [4.69, 9.17) is 0 Å². The van der Waals surface area contributed by atoms with Crippen molar-refractivity contribution in [3.05, 3.63) is 17.0 Å². The Bertz CT molecular complexity index is 391. The average Bonchev–Trinajstić information content (AvgIpc) is 3.13. The maximum atomic E-state index is 4.51. The summed E-state index contributed by atoms with van der Waals surface area (Å²) >= 11 is 0. The predicted molar refractivity (Wildman–Crippen MR) is 75.8 cm³/mol. The van der Waals surface area contributed by atoms with Gasteiger partial charge in [0.15, 0.2) is 0 Å². The van der Waals surface area contributed by atoms with Crippen LogP contribution in [0.4, 0.5) is 0 Å². The molecule has 18 heavy (non-hydrogen) atoms. The number of nitrogens with one attached hydrogen (secondary N) is 1. The third-order valence-corrected chi connectivity index (χ3v) is 4.21. The Kier molecular flexibility index (Phi) is 4.44. The molecule has 1 N–H and O–H groups in total. The number of hydrogen-bond donors (Lipinski definition) is 1. The molecule has 0 aliphatic heterocycles. The SMILES string of the molecule is CCCNC(CCc1c(C)nn(C)c1C)C1CC1. The summed E-state index contributed by atoms with van der Waals surface area (Å²) in [7, 11) is 2.04. The second-order valence-electron chi connectivity index (χ2n) is 5.71. The number of nitrogens with zero attached hydrogens (tertiary/aromatic N) is 2. The Morgan fingerprint density at radius 3 is 2.61 bits per heavy atom. The molecule has 3 heteroatoms. The lowest BCUT2D eigenvalue weighted by atomic mass is 10.0. The first-order valence-electron chi connectivity index (χ1n) is 7.36. The van der Waals surface area contributed by atoms with Crippen molar-refractivity contribution < 1.29 is 0 Å². The fourth-order valence-electron chi connectivity index (χ4n) is 2.81. The van der Waals surface area contributed by atoms with Crippen LogP contribution in [0.5, 0.6) is 0 Å². The van der Waals surface area contributed by atoms with Gasteiger partial charge in [-0.1, -0.05) is 6.92 Å². The molecule has 0 saturated heterocycles. The third-order valence-electron chi connectivity index (χ3n) is 4.21. The maximum Gasteiger partial charge on any atom is 0.0628 e. The van der Waals surface area contributed by atoms with Crippen molar-refractivity contribution in [3.8, 4) is 0 Å². The molecule has 1 fully saturated rings. The number of hydrogen-bond acceptors (Lipinski definition) is 2. The van der Waals surface area contributed by atoms with Crippen LogP contribution < -0.4 is 5.32 Å². The van der Waals surface area contributed by atoms with Crippen LogP contribution in [0, 0.1) is 19.8 Å². The molecule has 1 aromatic heterocycles. The van der Waals surface area contributed by atoms with Gasteiger partial charge in [0.05, 0.1) is 5.69 Å². The molecule has 0 aromatic carbocycles. The van der Waals surface area contributed by atoms with E-state index in [2.05, 4.69) is 31.2 Å². The molecule has 1 saturated carbocycles. The molecule has 0 amide bonds. The van der Waals surface area contributed by atoms with E-state index < -0.39 is 0 Å². The number of aromatic nitrogens is 2. The number of aryl methyl sites for hydroxylation is 2. The zero-order valence-corrected chi connectivity index (χ0v) is 12.3. The normalized spacial score (nSPS) is 17.1. The molecule has 1 heterocycles. The molecular weight excluding hydrogens is 222 g/mol. The summed E-state index contributed by atoms with van der Waals surface area (Å²) in [5.74, 6) is 0.939. The van der Waals surface area contributed by atoms with Crippen LogP contribution in [0.2, 0.25) is 0 Å². The first kappa shape index (κ1) is 13.6. The standard InChI is InChI=1S/C15H27N3/c1-5-10-16-15(13-6-7-13)9-8-14-11(2)17-18(4)12(14)3/h13,15-16H,5-10H2,1-4H3. The molecule has 1 aromatic rings. The molecule has 0 radical (unpaired) electrons. The molecule has 0 spiro atoms. The van der Waals surface area contributed by atoms with E-state index in [1.54, 1.807) is 0 Å². The second-order valence-corrected chi connectivity index (χ2v) is 5.71. The fraction of sp³-hybridized carbons (Fsp3) is 0.800. The molecule has 0 bridgehead atoms. The van der Waals surface area contributed by atoms with Crippen molar-refractivity contribution in [3.63, 3.8) is 0 Å². The van der Waals surface area contributed by atoms with E-state index in [1.807, 2.05) is 11.7 Å². The molecule has 1 aliphatic carbocycles. The monoisotopic (exact) mass is 249 g/mol. The van der Waals surface area contributed by atoms with Crippen molar-refractivity contribution in [1.29, 1.82) is 0 Å². The molecule has 102 valence electrons. The first-order chi connectivity index (χ1) is 8.63. The largest absolute Gasteiger partial charge is 0.314 e. The van der Waals surface area contributed by atoms with Crippen molar-refractivity contribution in [2.45, 2.75) is 58.9 Å². The molecule has 3 nitrogen and oxygen atoms in total. The summed E-state index contributed by atoms with van der Waals surface area (Å²) in [5.41, 5.74) is 4.00. The third kappa shape index (κ3) is 3.14. The lowest BCUT2D eigenvalue weighted by Crippen LogP contribution is -2.32. The second kappa shape index (κ2) is 5.87. The van der Waals surface area contributed by atoms with Crippen LogP contribution >= 0.6 is 0 Å². The van der Waals surface area contributed by atoms with Crippen molar-refractivity contribution in [2.24, 2.45) is 13.0 Å². The summed E-state index contributed by atoms with van der Waals surface area (Å²) in [6.07, 6.45) is 6.51. The minimum Gasteiger partial charge on any atom is -0.314 e. The molecule has 1 aliphatic rings. The lowest BCUT2D eigenvalue weighted by Gasteiger charge is -2.18. The summed E-state index contributed by atoms with van der Waals surface area (Å²) < 4.78 is 2.01. The number of rotatable bonds is 7. The van der Waals surface area contributed by atoms with E-state index in [9.17, 15) is 0 Å². The van der Waals surface area contributed by atoms with Gasteiger partial charge in [-0.05, 0) is 64.0 Å². The van der Waals surface area contributed by atoms with E-state index in [0.29, 0.717) is 0 Å². The van der Waals surface area contributed by atoms with Gasteiger partial charge < -0.3 is 5.32 Å². The summed E-state index contributed by atoms with van der Waals surface area (Å²) in [4.78, 5) is 0. The van der Waals surface area contributed by atoms with Gasteiger partial charge >= 0.3 is 0 Å². The van der Waals surface area contributed by atoms with Gasteiger partial charge in [0.1, 0.15) is 0 Å². The Hall–Kier alpha value is -0.830. The highest BCUT2D eigenvalue weighted by molar-refractivity contribution is 5.24. The van der Waals surface area contributed by atoms with Crippen LogP contribution in [0.1, 0.15) is 49.6 Å². The van der Waals surface area contributed by atoms with Gasteiger partial charge in [0.2, 0.25) is 0 Å². The Labute approximate surface area is 111 Å². The molecule has 1 unspecified atom stereocenters. The maximum absolute atomic E-state index is 4.51. The van der Waals surface area contributed by atoms with E-state index in [-0.39, 0.29) is 0 Å².